The molecule has 4 aromatic rings. The summed E-state index contributed by atoms with van der Waals surface area (Å²) in [5.74, 6) is -5.69. The zero-order valence-electron chi connectivity index (χ0n) is 43.0. The topological polar surface area (TPSA) is 294 Å². The number of rotatable bonds is 22. The van der Waals surface area contributed by atoms with Crippen molar-refractivity contribution in [3.63, 3.8) is 0 Å². The molecule has 0 saturated heterocycles. The smallest absolute Gasteiger partial charge is 0.343 e. The molecule has 22 nitrogen and oxygen atoms in total. The van der Waals surface area contributed by atoms with Gasteiger partial charge in [-0.2, -0.15) is 0 Å². The number of benzene rings is 2. The number of fused-ring (bicyclic) bond motifs is 5. The molecule has 1 aliphatic carbocycles. The molecule has 2 aromatic heterocycles. The second-order valence-corrected chi connectivity index (χ2v) is 19.4. The van der Waals surface area contributed by atoms with Gasteiger partial charge in [0.2, 0.25) is 29.5 Å². The molecule has 2 aromatic carbocycles. The molecule has 3 aliphatic heterocycles. The standard InChI is InChI=1S/C54H60FN9O13/c1-5-54(75)35-21-40-49-33(26-64(40)52(73)34(35)27-76-53(54)74)48-39(16-15-32-29(2)36(55)22-37(61-49)47(32)48)62(4)51(72)30(3)77-28-59-43(67)24-58-50(71)38(20-31-12-8-6-9-13-31)60-44(68)25-57-42(66)23-56-41(65)14-10-7-11-19-63-45(69)17-18-46(63)70/h6,8-9,12-13,17-18,21-22,30,38-39,75H,5,7,10-11,14-16,19-20,23-28H2,1-4H3,(H,56,65)(H,57,66)(H,58,71)(H,59,67)(H,60,68)/t30?,38-,39-,54-/m0/s1. The molecule has 6 N–H and O–H groups in total. The number of aryl methyl sites for hydroxylation is 1. The van der Waals surface area contributed by atoms with Gasteiger partial charge >= 0.3 is 5.97 Å². The minimum Gasteiger partial charge on any atom is -0.458 e. The van der Waals surface area contributed by atoms with Crippen LogP contribution in [-0.2, 0) is 84.2 Å². The molecule has 5 heterocycles. The number of hydrogen-bond donors (Lipinski definition) is 6. The number of halogens is 1. The quantitative estimate of drug-likeness (QED) is 0.0244. The van der Waals surface area contributed by atoms with Gasteiger partial charge in [0, 0.05) is 61.2 Å². The normalized spacial score (nSPS) is 17.7. The summed E-state index contributed by atoms with van der Waals surface area (Å²) >= 11 is 0. The van der Waals surface area contributed by atoms with Crippen molar-refractivity contribution in [1.29, 1.82) is 0 Å². The Kier molecular flexibility index (Phi) is 16.7. The zero-order chi connectivity index (χ0) is 55.3. The highest BCUT2D eigenvalue weighted by Crippen LogP contribution is 2.47. The lowest BCUT2D eigenvalue weighted by atomic mass is 9.81. The van der Waals surface area contributed by atoms with Gasteiger partial charge in [-0.1, -0.05) is 43.7 Å². The second kappa shape index (κ2) is 23.4. The van der Waals surface area contributed by atoms with Crippen molar-refractivity contribution in [3.05, 3.63) is 110 Å². The minimum atomic E-state index is -2.06. The van der Waals surface area contributed by atoms with E-state index in [1.807, 2.05) is 0 Å². The van der Waals surface area contributed by atoms with Gasteiger partial charge in [0.15, 0.2) is 5.60 Å². The molecule has 8 amide bonds. The van der Waals surface area contributed by atoms with Gasteiger partial charge in [-0.05, 0) is 74.3 Å². The maximum Gasteiger partial charge on any atom is 0.343 e. The Bertz CT molecular complexity index is 3160. The number of unbranched alkanes of at least 4 members (excludes halogenated alkanes) is 2. The molecule has 8 rings (SSSR count). The number of pyridine rings is 2. The van der Waals surface area contributed by atoms with Crippen LogP contribution in [-0.4, -0.2) is 130 Å². The van der Waals surface area contributed by atoms with E-state index in [0.29, 0.717) is 76.6 Å². The van der Waals surface area contributed by atoms with E-state index in [0.717, 1.165) is 10.5 Å². The number of hydrogen-bond acceptors (Lipinski definition) is 14. The Morgan fingerprint density at radius 2 is 1.58 bits per heavy atom. The fraction of sp³-hybridized carbons (Fsp3) is 0.426. The first kappa shape index (κ1) is 55.1. The van der Waals surface area contributed by atoms with Crippen LogP contribution >= 0.6 is 0 Å². The summed E-state index contributed by atoms with van der Waals surface area (Å²) in [6.07, 6.45) is 3.74. The minimum absolute atomic E-state index is 0.0347. The number of aliphatic hydroxyl groups is 1. The van der Waals surface area contributed by atoms with Crippen molar-refractivity contribution in [3.8, 4) is 11.4 Å². The summed E-state index contributed by atoms with van der Waals surface area (Å²) in [6, 6.07) is 9.90. The van der Waals surface area contributed by atoms with Gasteiger partial charge in [0.1, 0.15) is 31.3 Å². The Morgan fingerprint density at radius 3 is 2.31 bits per heavy atom. The SMILES string of the molecule is CC[C@@]1(O)C(=O)OCc2c1cc1n(c2=O)Cc2c-1nc1cc(F)c(C)c3c1c2[C@@H](N(C)C(=O)C(C)OCNC(=O)CNC(=O)[C@H](Cc1ccccc1)NC(=O)CNC(=O)CNC(=O)CCCCCN1C(=O)C=CC1=O)CC3. The Hall–Kier alpha value is -8.18. The largest absolute Gasteiger partial charge is 0.458 e. The first-order chi connectivity index (χ1) is 36.8. The summed E-state index contributed by atoms with van der Waals surface area (Å²) in [6.45, 7) is 2.89. The number of carbonyl (C=O) groups excluding carboxylic acids is 9. The number of imide groups is 1. The monoisotopic (exact) mass is 1060 g/mol. The number of nitrogens with zero attached hydrogens (tertiary/aromatic N) is 4. The third-order valence-electron chi connectivity index (χ3n) is 14.5. The summed E-state index contributed by atoms with van der Waals surface area (Å²) in [4.78, 5) is 136. The van der Waals surface area contributed by atoms with E-state index in [9.17, 15) is 53.1 Å². The van der Waals surface area contributed by atoms with Crippen LogP contribution in [0.15, 0.2) is 59.4 Å². The maximum absolute atomic E-state index is 15.5. The van der Waals surface area contributed by atoms with E-state index < -0.39 is 103 Å². The molecular weight excluding hydrogens is 1000 g/mol. The predicted molar refractivity (Wildman–Crippen MR) is 272 cm³/mol. The lowest BCUT2D eigenvalue weighted by molar-refractivity contribution is -0.172. The van der Waals surface area contributed by atoms with Crippen LogP contribution < -0.4 is 32.1 Å². The molecule has 0 bridgehead atoms. The molecule has 4 aliphatic rings. The highest BCUT2D eigenvalue weighted by molar-refractivity contribution is 6.12. The summed E-state index contributed by atoms with van der Waals surface area (Å²) in [5.41, 5.74) is 1.93. The van der Waals surface area contributed by atoms with Crippen LogP contribution in [0.2, 0.25) is 0 Å². The number of esters is 1. The van der Waals surface area contributed by atoms with Gasteiger partial charge in [-0.25, -0.2) is 14.2 Å². The van der Waals surface area contributed by atoms with Gasteiger partial charge in [-0.15, -0.1) is 0 Å². The fourth-order valence-corrected chi connectivity index (χ4v) is 10.2. The number of ether oxygens (including phenoxy) is 2. The van der Waals surface area contributed by atoms with Gasteiger partial charge in [-0.3, -0.25) is 48.1 Å². The zero-order valence-corrected chi connectivity index (χ0v) is 43.0. The maximum atomic E-state index is 15.5. The number of likely N-dealkylation sites (N-methyl/N-ethyl adjacent to an activating group) is 1. The van der Waals surface area contributed by atoms with E-state index in [2.05, 4.69) is 26.6 Å². The number of carbonyl (C=O) groups is 9. The average molecular weight is 1060 g/mol. The third-order valence-corrected chi connectivity index (χ3v) is 14.5. The molecule has 0 saturated carbocycles. The Balaban J connectivity index is 0.832. The van der Waals surface area contributed by atoms with E-state index >= 15 is 4.39 Å². The first-order valence-corrected chi connectivity index (χ1v) is 25.5. The molecule has 4 atom stereocenters. The van der Waals surface area contributed by atoms with Crippen LogP contribution in [0, 0.1) is 12.7 Å². The van der Waals surface area contributed by atoms with E-state index in [1.54, 1.807) is 57.3 Å². The van der Waals surface area contributed by atoms with Gasteiger partial charge < -0.3 is 50.6 Å². The highest BCUT2D eigenvalue weighted by atomic mass is 19.1. The average Bonchev–Trinajstić information content (AvgIpc) is 4.23. The van der Waals surface area contributed by atoms with Crippen LogP contribution in [0.4, 0.5) is 4.39 Å². The summed E-state index contributed by atoms with van der Waals surface area (Å²) in [5, 5.41) is 24.5. The fourth-order valence-electron chi connectivity index (χ4n) is 10.2. The summed E-state index contributed by atoms with van der Waals surface area (Å²) in [7, 11) is 1.61. The molecule has 0 fully saturated rings. The van der Waals surface area contributed by atoms with Crippen molar-refractivity contribution in [2.45, 2.75) is 109 Å². The van der Waals surface area contributed by atoms with Crippen molar-refractivity contribution >= 4 is 64.1 Å². The van der Waals surface area contributed by atoms with Crippen molar-refractivity contribution < 1.29 is 62.1 Å². The molecule has 406 valence electrons. The highest BCUT2D eigenvalue weighted by Gasteiger charge is 2.46. The third kappa shape index (κ3) is 11.6. The summed E-state index contributed by atoms with van der Waals surface area (Å²) < 4.78 is 28.0. The van der Waals surface area contributed by atoms with Crippen molar-refractivity contribution in [1.82, 2.24) is 45.9 Å². The number of aromatic nitrogens is 2. The molecule has 0 spiro atoms. The Labute approximate surface area is 441 Å². The predicted octanol–water partition coefficient (Wildman–Crippen LogP) is 1.01. The lowest BCUT2D eigenvalue weighted by Crippen LogP contribution is -2.52. The molecule has 1 unspecified atom stereocenters. The van der Waals surface area contributed by atoms with Crippen LogP contribution in [0.5, 0.6) is 0 Å². The van der Waals surface area contributed by atoms with E-state index in [-0.39, 0.29) is 61.9 Å². The Morgan fingerprint density at radius 1 is 0.896 bits per heavy atom. The number of amides is 8. The first-order valence-electron chi connectivity index (χ1n) is 25.5. The van der Waals surface area contributed by atoms with Crippen molar-refractivity contribution in [2.75, 3.05) is 40.0 Å². The molecule has 23 heteroatoms. The van der Waals surface area contributed by atoms with Crippen molar-refractivity contribution in [2.24, 2.45) is 0 Å². The number of cyclic esters (lactones) is 1. The van der Waals surface area contributed by atoms with Crippen LogP contribution in [0.1, 0.15) is 97.4 Å². The van der Waals surface area contributed by atoms with Gasteiger partial charge in [0.25, 0.3) is 23.3 Å². The number of nitrogens with one attached hydrogen (secondary N) is 5. The molecule has 0 radical (unpaired) electrons. The van der Waals surface area contributed by atoms with Crippen LogP contribution in [0.3, 0.4) is 0 Å². The van der Waals surface area contributed by atoms with E-state index in [4.69, 9.17) is 14.5 Å². The van der Waals surface area contributed by atoms with E-state index in [1.165, 1.54) is 34.6 Å². The molecular formula is C54H60FN9O13. The lowest BCUT2D eigenvalue weighted by Gasteiger charge is -2.36. The van der Waals surface area contributed by atoms with Crippen LogP contribution in [0.25, 0.3) is 22.3 Å². The molecule has 77 heavy (non-hydrogen) atoms. The van der Waals surface area contributed by atoms with Gasteiger partial charge in [0.05, 0.1) is 54.7 Å². The second-order valence-electron chi connectivity index (χ2n) is 19.4.